The number of hydrogen-bond donors (Lipinski definition) is 1. The van der Waals surface area contributed by atoms with E-state index < -0.39 is 0 Å². The first-order chi connectivity index (χ1) is 19.6. The van der Waals surface area contributed by atoms with Crippen molar-refractivity contribution in [2.45, 2.75) is 12.6 Å². The standard InChI is InChI=1S/C33H31N3O3S/c1-39-28-15-16-31-25(19-28)20-35-17-18-40-22-27(35)21-36(31)33(38)24-11-13-26(14-12-24)34-32(37)30-10-6-5-9-29(30)23-7-3-2-4-8-23/h2-16,19,27H,17-18,20-22H2,1H3,(H,34,37). The smallest absolute Gasteiger partial charge is 0.258 e. The van der Waals surface area contributed by atoms with Crippen LogP contribution in [0.5, 0.6) is 5.75 Å². The van der Waals surface area contributed by atoms with Gasteiger partial charge in [0.15, 0.2) is 0 Å². The molecule has 7 heteroatoms. The normalized spacial score (nSPS) is 16.8. The van der Waals surface area contributed by atoms with Crippen molar-refractivity contribution in [3.05, 3.63) is 114 Å². The number of benzene rings is 4. The zero-order valence-corrected chi connectivity index (χ0v) is 23.2. The summed E-state index contributed by atoms with van der Waals surface area (Å²) in [7, 11) is 1.67. The zero-order valence-electron chi connectivity index (χ0n) is 22.4. The number of nitrogens with one attached hydrogen (secondary N) is 1. The summed E-state index contributed by atoms with van der Waals surface area (Å²) in [5.41, 5.74) is 5.71. The number of fused-ring (bicyclic) bond motifs is 2. The molecule has 1 N–H and O–H groups in total. The molecule has 202 valence electrons. The Labute approximate surface area is 239 Å². The lowest BCUT2D eigenvalue weighted by Gasteiger charge is -2.35. The zero-order chi connectivity index (χ0) is 27.5. The largest absolute Gasteiger partial charge is 0.497 e. The Morgan fingerprint density at radius 2 is 1.70 bits per heavy atom. The van der Waals surface area contributed by atoms with E-state index in [9.17, 15) is 9.59 Å². The molecular formula is C33H31N3O3S. The average molecular weight is 550 g/mol. The van der Waals surface area contributed by atoms with E-state index in [1.165, 1.54) is 0 Å². The highest BCUT2D eigenvalue weighted by Crippen LogP contribution is 2.34. The van der Waals surface area contributed by atoms with Gasteiger partial charge in [-0.05, 0) is 65.2 Å². The number of anilines is 2. The summed E-state index contributed by atoms with van der Waals surface area (Å²) in [6.07, 6.45) is 0. The summed E-state index contributed by atoms with van der Waals surface area (Å²) in [4.78, 5) is 31.5. The summed E-state index contributed by atoms with van der Waals surface area (Å²) in [5.74, 6) is 2.67. The maximum Gasteiger partial charge on any atom is 0.258 e. The molecule has 2 heterocycles. The lowest BCUT2D eigenvalue weighted by Crippen LogP contribution is -2.47. The molecule has 40 heavy (non-hydrogen) atoms. The van der Waals surface area contributed by atoms with Gasteiger partial charge in [0.1, 0.15) is 5.75 Å². The molecule has 0 bridgehead atoms. The molecule has 1 fully saturated rings. The van der Waals surface area contributed by atoms with Gasteiger partial charge >= 0.3 is 0 Å². The lowest BCUT2D eigenvalue weighted by atomic mass is 9.99. The predicted molar refractivity (Wildman–Crippen MR) is 162 cm³/mol. The van der Waals surface area contributed by atoms with Gasteiger partial charge in [0.05, 0.1) is 7.11 Å². The van der Waals surface area contributed by atoms with Gasteiger partial charge in [-0.2, -0.15) is 11.8 Å². The second kappa shape index (κ2) is 11.6. The summed E-state index contributed by atoms with van der Waals surface area (Å²) < 4.78 is 5.49. The van der Waals surface area contributed by atoms with Crippen molar-refractivity contribution in [1.82, 2.24) is 4.90 Å². The molecule has 0 spiro atoms. The van der Waals surface area contributed by atoms with Crippen molar-refractivity contribution in [2.75, 3.05) is 41.9 Å². The maximum atomic E-state index is 13.9. The Bertz CT molecular complexity index is 1520. The van der Waals surface area contributed by atoms with Crippen molar-refractivity contribution < 1.29 is 14.3 Å². The molecule has 6 nitrogen and oxygen atoms in total. The fraction of sp³-hybridized carbons (Fsp3) is 0.212. The van der Waals surface area contributed by atoms with E-state index in [-0.39, 0.29) is 11.8 Å². The van der Waals surface area contributed by atoms with E-state index in [4.69, 9.17) is 4.74 Å². The summed E-state index contributed by atoms with van der Waals surface area (Å²) in [6.45, 7) is 2.45. The number of amides is 2. The molecule has 0 aromatic heterocycles. The SMILES string of the molecule is COc1ccc2c(c1)CN1CCSCC1CN2C(=O)c1ccc(NC(=O)c2ccccc2-c2ccccc2)cc1. The van der Waals surface area contributed by atoms with Crippen LogP contribution in [0.15, 0.2) is 97.1 Å². The molecule has 2 amide bonds. The fourth-order valence-electron chi connectivity index (χ4n) is 5.47. The number of hydrogen-bond acceptors (Lipinski definition) is 5. The molecule has 4 aromatic rings. The molecule has 1 unspecified atom stereocenters. The molecular weight excluding hydrogens is 518 g/mol. The van der Waals surface area contributed by atoms with Crippen LogP contribution in [0.25, 0.3) is 11.1 Å². The highest BCUT2D eigenvalue weighted by molar-refractivity contribution is 7.99. The van der Waals surface area contributed by atoms with Crippen LogP contribution < -0.4 is 15.0 Å². The molecule has 1 saturated heterocycles. The first kappa shape index (κ1) is 26.2. The monoisotopic (exact) mass is 549 g/mol. The number of nitrogens with zero attached hydrogens (tertiary/aromatic N) is 2. The number of ether oxygens (including phenoxy) is 1. The topological polar surface area (TPSA) is 61.9 Å². The predicted octanol–water partition coefficient (Wildman–Crippen LogP) is 6.19. The Balaban J connectivity index is 1.23. The quantitative estimate of drug-likeness (QED) is 0.322. The van der Waals surface area contributed by atoms with Gasteiger partial charge in [-0.25, -0.2) is 0 Å². The van der Waals surface area contributed by atoms with Gasteiger partial charge in [0.2, 0.25) is 0 Å². The van der Waals surface area contributed by atoms with Crippen molar-refractivity contribution in [3.8, 4) is 16.9 Å². The minimum Gasteiger partial charge on any atom is -0.497 e. The summed E-state index contributed by atoms with van der Waals surface area (Å²) in [6, 6.07) is 30.9. The van der Waals surface area contributed by atoms with E-state index in [2.05, 4.69) is 10.2 Å². The number of thioether (sulfide) groups is 1. The molecule has 0 aliphatic carbocycles. The second-order valence-electron chi connectivity index (χ2n) is 10.1. The van der Waals surface area contributed by atoms with Crippen molar-refractivity contribution in [3.63, 3.8) is 0 Å². The molecule has 2 aliphatic heterocycles. The van der Waals surface area contributed by atoms with Crippen LogP contribution in [-0.4, -0.2) is 54.5 Å². The first-order valence-electron chi connectivity index (χ1n) is 13.5. The van der Waals surface area contributed by atoms with Crippen LogP contribution in [0.2, 0.25) is 0 Å². The highest BCUT2D eigenvalue weighted by atomic mass is 32.2. The van der Waals surface area contributed by atoms with E-state index in [0.29, 0.717) is 29.4 Å². The van der Waals surface area contributed by atoms with Crippen LogP contribution >= 0.6 is 11.8 Å². The molecule has 2 aliphatic rings. The first-order valence-corrected chi connectivity index (χ1v) is 14.6. The number of rotatable bonds is 5. The third-order valence-electron chi connectivity index (χ3n) is 7.59. The van der Waals surface area contributed by atoms with Crippen LogP contribution in [0.3, 0.4) is 0 Å². The average Bonchev–Trinajstić information content (AvgIpc) is 3.18. The van der Waals surface area contributed by atoms with Gasteiger partial charge in [-0.1, -0.05) is 48.5 Å². The summed E-state index contributed by atoms with van der Waals surface area (Å²) in [5, 5.41) is 3.00. The van der Waals surface area contributed by atoms with Gasteiger partial charge in [-0.3, -0.25) is 14.5 Å². The van der Waals surface area contributed by atoms with Gasteiger partial charge in [0.25, 0.3) is 11.8 Å². The minimum atomic E-state index is -0.191. The fourth-order valence-corrected chi connectivity index (χ4v) is 6.58. The van der Waals surface area contributed by atoms with Gasteiger partial charge in [0, 0.05) is 59.7 Å². The molecule has 6 rings (SSSR count). The van der Waals surface area contributed by atoms with Gasteiger partial charge < -0.3 is 15.0 Å². The van der Waals surface area contributed by atoms with Crippen molar-refractivity contribution in [2.24, 2.45) is 0 Å². The second-order valence-corrected chi connectivity index (χ2v) is 11.2. The minimum absolute atomic E-state index is 0.0452. The molecule has 0 saturated carbocycles. The molecule has 0 radical (unpaired) electrons. The van der Waals surface area contributed by atoms with Gasteiger partial charge in [-0.15, -0.1) is 0 Å². The Morgan fingerprint density at radius 1 is 0.925 bits per heavy atom. The van der Waals surface area contributed by atoms with Crippen LogP contribution in [0.4, 0.5) is 11.4 Å². The highest BCUT2D eigenvalue weighted by Gasteiger charge is 2.33. The van der Waals surface area contributed by atoms with Crippen molar-refractivity contribution in [1.29, 1.82) is 0 Å². The van der Waals surface area contributed by atoms with E-state index in [0.717, 1.165) is 52.7 Å². The van der Waals surface area contributed by atoms with Crippen LogP contribution in [-0.2, 0) is 6.54 Å². The Hall–Kier alpha value is -4.07. The molecule has 1 atom stereocenters. The van der Waals surface area contributed by atoms with Crippen LogP contribution in [0.1, 0.15) is 26.3 Å². The maximum absolute atomic E-state index is 13.9. The van der Waals surface area contributed by atoms with E-state index >= 15 is 0 Å². The van der Waals surface area contributed by atoms with E-state index in [1.54, 1.807) is 31.4 Å². The molecule has 4 aromatic carbocycles. The Morgan fingerprint density at radius 3 is 2.50 bits per heavy atom. The number of methoxy groups -OCH3 is 1. The van der Waals surface area contributed by atoms with Crippen LogP contribution in [0, 0.1) is 0 Å². The van der Waals surface area contributed by atoms with E-state index in [1.807, 2.05) is 89.5 Å². The number of carbonyl (C=O) groups is 2. The van der Waals surface area contributed by atoms with Crippen molar-refractivity contribution >= 4 is 35.0 Å². The summed E-state index contributed by atoms with van der Waals surface area (Å²) >= 11 is 1.95. The Kier molecular flexibility index (Phi) is 7.58. The third-order valence-corrected chi connectivity index (χ3v) is 8.68. The lowest BCUT2D eigenvalue weighted by molar-refractivity contribution is 0.0978. The third kappa shape index (κ3) is 5.35. The number of carbonyl (C=O) groups excluding carboxylic acids is 2.